The molecule has 2 rings (SSSR count). The van der Waals surface area contributed by atoms with E-state index in [0.29, 0.717) is 30.5 Å². The van der Waals surface area contributed by atoms with Crippen LogP contribution in [0.1, 0.15) is 24.2 Å². The zero-order chi connectivity index (χ0) is 17.0. The van der Waals surface area contributed by atoms with Crippen LogP contribution in [0.3, 0.4) is 0 Å². The van der Waals surface area contributed by atoms with Gasteiger partial charge in [0.2, 0.25) is 0 Å². The molecule has 0 bridgehead atoms. The number of hydrogen-bond donors (Lipinski definition) is 1. The highest BCUT2D eigenvalue weighted by atomic mass is 32.2. The van der Waals surface area contributed by atoms with E-state index in [2.05, 4.69) is 29.0 Å². The molecule has 0 aliphatic carbocycles. The molecule has 2 heterocycles. The van der Waals surface area contributed by atoms with Crippen molar-refractivity contribution in [2.75, 3.05) is 31.6 Å². The minimum absolute atomic E-state index is 0.0372. The van der Waals surface area contributed by atoms with E-state index in [1.54, 1.807) is 24.5 Å². The topological polar surface area (TPSA) is 79.4 Å². The van der Waals surface area contributed by atoms with Gasteiger partial charge in [-0.2, -0.15) is 0 Å². The first kappa shape index (κ1) is 17.9. The molecule has 1 amide bonds. The van der Waals surface area contributed by atoms with Gasteiger partial charge in [-0.3, -0.25) is 14.7 Å². The molecule has 1 fully saturated rings. The van der Waals surface area contributed by atoms with Crippen LogP contribution in [-0.4, -0.2) is 61.9 Å². The Labute approximate surface area is 138 Å². The van der Waals surface area contributed by atoms with Crippen LogP contribution in [0.25, 0.3) is 0 Å². The average molecular weight is 339 g/mol. The molecular weight excluding hydrogens is 314 g/mol. The number of aromatic nitrogens is 1. The van der Waals surface area contributed by atoms with Crippen LogP contribution >= 0.6 is 0 Å². The van der Waals surface area contributed by atoms with Crippen molar-refractivity contribution in [2.24, 2.45) is 11.8 Å². The summed E-state index contributed by atoms with van der Waals surface area (Å²) < 4.78 is 22.7. The van der Waals surface area contributed by atoms with Gasteiger partial charge in [0.15, 0.2) is 0 Å². The Morgan fingerprint density at radius 3 is 2.57 bits per heavy atom. The summed E-state index contributed by atoms with van der Waals surface area (Å²) in [5, 5.41) is 3.10. The highest BCUT2D eigenvalue weighted by molar-refractivity contribution is 7.90. The number of carbonyl (C=O) groups excluding carboxylic acids is 1. The molecule has 23 heavy (non-hydrogen) atoms. The van der Waals surface area contributed by atoms with Crippen molar-refractivity contribution in [3.63, 3.8) is 0 Å². The van der Waals surface area contributed by atoms with Crippen LogP contribution in [0.4, 0.5) is 0 Å². The van der Waals surface area contributed by atoms with E-state index >= 15 is 0 Å². The fourth-order valence-corrected chi connectivity index (χ4v) is 3.56. The SMILES string of the molecule is CC(C)[C@H]1CN(CCS(C)(=O)=O)C[C@@H]1NC(=O)c1ccncc1. The summed E-state index contributed by atoms with van der Waals surface area (Å²) in [6.45, 7) is 6.29. The molecule has 1 N–H and O–H groups in total. The van der Waals surface area contributed by atoms with Gasteiger partial charge in [-0.25, -0.2) is 8.42 Å². The lowest BCUT2D eigenvalue weighted by molar-refractivity contribution is 0.0925. The van der Waals surface area contributed by atoms with Gasteiger partial charge in [0, 0.05) is 49.9 Å². The van der Waals surface area contributed by atoms with Gasteiger partial charge in [0.05, 0.1) is 5.75 Å². The van der Waals surface area contributed by atoms with Crippen LogP contribution in [-0.2, 0) is 9.84 Å². The van der Waals surface area contributed by atoms with E-state index in [1.807, 2.05) is 0 Å². The number of rotatable bonds is 6. The second-order valence-corrected chi connectivity index (χ2v) is 8.87. The fourth-order valence-electron chi connectivity index (χ4n) is 2.97. The van der Waals surface area contributed by atoms with Crippen LogP contribution in [0.5, 0.6) is 0 Å². The largest absolute Gasteiger partial charge is 0.348 e. The van der Waals surface area contributed by atoms with Gasteiger partial charge in [0.25, 0.3) is 5.91 Å². The summed E-state index contributed by atoms with van der Waals surface area (Å²) >= 11 is 0. The number of nitrogens with one attached hydrogen (secondary N) is 1. The van der Waals surface area contributed by atoms with Crippen LogP contribution in [0, 0.1) is 11.8 Å². The summed E-state index contributed by atoms with van der Waals surface area (Å²) in [6.07, 6.45) is 4.45. The third kappa shape index (κ3) is 5.28. The first-order valence-corrected chi connectivity index (χ1v) is 9.93. The van der Waals surface area contributed by atoms with E-state index < -0.39 is 9.84 Å². The molecule has 0 unspecified atom stereocenters. The molecule has 1 saturated heterocycles. The lowest BCUT2D eigenvalue weighted by Gasteiger charge is -2.23. The monoisotopic (exact) mass is 339 g/mol. The van der Waals surface area contributed by atoms with Crippen molar-refractivity contribution in [3.05, 3.63) is 30.1 Å². The molecule has 1 aliphatic rings. The van der Waals surface area contributed by atoms with Crippen molar-refractivity contribution < 1.29 is 13.2 Å². The maximum absolute atomic E-state index is 12.3. The minimum atomic E-state index is -2.97. The van der Waals surface area contributed by atoms with Gasteiger partial charge in [0.1, 0.15) is 9.84 Å². The Kier molecular flexibility index (Phi) is 5.75. The molecular formula is C16H25N3O3S. The second-order valence-electron chi connectivity index (χ2n) is 6.61. The molecule has 1 aliphatic heterocycles. The summed E-state index contributed by atoms with van der Waals surface area (Å²) in [7, 11) is -2.97. The van der Waals surface area contributed by atoms with E-state index in [1.165, 1.54) is 6.26 Å². The number of pyridine rings is 1. The fraction of sp³-hybridized carbons (Fsp3) is 0.625. The quantitative estimate of drug-likeness (QED) is 0.830. The first-order valence-electron chi connectivity index (χ1n) is 7.87. The lowest BCUT2D eigenvalue weighted by Crippen LogP contribution is -2.42. The van der Waals surface area contributed by atoms with E-state index in [9.17, 15) is 13.2 Å². The Hall–Kier alpha value is -1.47. The molecule has 128 valence electrons. The van der Waals surface area contributed by atoms with Crippen molar-refractivity contribution in [1.29, 1.82) is 0 Å². The van der Waals surface area contributed by atoms with Crippen LogP contribution in [0.15, 0.2) is 24.5 Å². The minimum Gasteiger partial charge on any atom is -0.348 e. The molecule has 0 aromatic carbocycles. The number of likely N-dealkylation sites (tertiary alicyclic amines) is 1. The zero-order valence-electron chi connectivity index (χ0n) is 13.9. The van der Waals surface area contributed by atoms with Crippen molar-refractivity contribution >= 4 is 15.7 Å². The van der Waals surface area contributed by atoms with Gasteiger partial charge in [-0.05, 0) is 24.0 Å². The van der Waals surface area contributed by atoms with Crippen molar-refractivity contribution in [1.82, 2.24) is 15.2 Å². The Morgan fingerprint density at radius 1 is 1.35 bits per heavy atom. The zero-order valence-corrected chi connectivity index (χ0v) is 14.7. The third-order valence-corrected chi connectivity index (χ3v) is 5.26. The predicted octanol–water partition coefficient (Wildman–Crippen LogP) is 0.812. The lowest BCUT2D eigenvalue weighted by atomic mass is 9.91. The summed E-state index contributed by atoms with van der Waals surface area (Å²) in [5.74, 6) is 0.789. The van der Waals surface area contributed by atoms with Gasteiger partial charge in [-0.15, -0.1) is 0 Å². The van der Waals surface area contributed by atoms with Crippen LogP contribution in [0.2, 0.25) is 0 Å². The summed E-state index contributed by atoms with van der Waals surface area (Å²) in [4.78, 5) is 18.4. The maximum atomic E-state index is 12.3. The highest BCUT2D eigenvalue weighted by Crippen LogP contribution is 2.24. The smallest absolute Gasteiger partial charge is 0.251 e. The number of amides is 1. The average Bonchev–Trinajstić information content (AvgIpc) is 2.88. The summed E-state index contributed by atoms with van der Waals surface area (Å²) in [6, 6.07) is 3.42. The second kappa shape index (κ2) is 7.40. The van der Waals surface area contributed by atoms with E-state index in [0.717, 1.165) is 6.54 Å². The van der Waals surface area contributed by atoms with Gasteiger partial charge in [-0.1, -0.05) is 13.8 Å². The number of sulfone groups is 1. The Balaban J connectivity index is 2.00. The first-order chi connectivity index (χ1) is 10.8. The highest BCUT2D eigenvalue weighted by Gasteiger charge is 2.35. The Bertz CT molecular complexity index is 631. The number of carbonyl (C=O) groups is 1. The van der Waals surface area contributed by atoms with E-state index in [-0.39, 0.29) is 17.7 Å². The van der Waals surface area contributed by atoms with Crippen LogP contribution < -0.4 is 5.32 Å². The molecule has 1 aromatic rings. The van der Waals surface area contributed by atoms with E-state index in [4.69, 9.17) is 0 Å². The number of hydrogen-bond acceptors (Lipinski definition) is 5. The Morgan fingerprint density at radius 2 is 2.00 bits per heavy atom. The number of nitrogens with zero attached hydrogens (tertiary/aromatic N) is 2. The normalized spacial score (nSPS) is 22.4. The molecule has 1 aromatic heterocycles. The van der Waals surface area contributed by atoms with Crippen molar-refractivity contribution in [2.45, 2.75) is 19.9 Å². The molecule has 0 spiro atoms. The molecule has 0 saturated carbocycles. The molecule has 6 nitrogen and oxygen atoms in total. The standard InChI is InChI=1S/C16H25N3O3S/c1-12(2)14-10-19(8-9-23(3,21)22)11-15(14)18-16(20)13-4-6-17-7-5-13/h4-7,12,14-15H,8-11H2,1-3H3,(H,18,20)/t14-,15+/m1/s1. The molecule has 7 heteroatoms. The van der Waals surface area contributed by atoms with Crippen molar-refractivity contribution in [3.8, 4) is 0 Å². The predicted molar refractivity (Wildman–Crippen MR) is 90.0 cm³/mol. The van der Waals surface area contributed by atoms with Gasteiger partial charge >= 0.3 is 0 Å². The van der Waals surface area contributed by atoms with Gasteiger partial charge < -0.3 is 5.32 Å². The maximum Gasteiger partial charge on any atom is 0.251 e. The third-order valence-electron chi connectivity index (χ3n) is 4.33. The molecule has 0 radical (unpaired) electrons. The molecule has 2 atom stereocenters. The summed E-state index contributed by atoms with van der Waals surface area (Å²) in [5.41, 5.74) is 0.595.